The molecule has 0 atom stereocenters. The third-order valence-corrected chi connectivity index (χ3v) is 5.89. The summed E-state index contributed by atoms with van der Waals surface area (Å²) in [6.45, 7) is 2.20. The first kappa shape index (κ1) is 27.6. The Morgan fingerprint density at radius 1 is 0.867 bits per heavy atom. The van der Waals surface area contributed by atoms with Crippen molar-refractivity contribution in [2.75, 3.05) is 0 Å². The normalized spacial score (nSPS) is 11.1. The van der Waals surface area contributed by atoms with Gasteiger partial charge in [-0.1, -0.05) is 88.3 Å². The predicted molar refractivity (Wildman–Crippen MR) is 113 cm³/mol. The molecule has 7 heteroatoms. The summed E-state index contributed by atoms with van der Waals surface area (Å²) in [4.78, 5) is -0.248. The second-order valence-corrected chi connectivity index (χ2v) is 8.73. The summed E-state index contributed by atoms with van der Waals surface area (Å²) in [5.74, 6) is 0.0310. The van der Waals surface area contributed by atoms with Crippen molar-refractivity contribution in [1.29, 1.82) is 0 Å². The Kier molecular flexibility index (Phi) is 13.5. The third kappa shape index (κ3) is 9.38. The van der Waals surface area contributed by atoms with Gasteiger partial charge in [-0.2, -0.15) is 8.42 Å². The maximum atomic E-state index is 12.4. The SMILES string of the molecule is CCCCCCCCCCCc1c(S(=O)(=O)O)ccc([O-])c1Oc1ccccc1.[K+]. The van der Waals surface area contributed by atoms with Crippen LogP contribution in [0.25, 0.3) is 0 Å². The van der Waals surface area contributed by atoms with Gasteiger partial charge in [-0.05, 0) is 31.0 Å². The number of hydrogen-bond donors (Lipinski definition) is 1. The smallest absolute Gasteiger partial charge is 0.870 e. The van der Waals surface area contributed by atoms with Crippen LogP contribution in [0.2, 0.25) is 0 Å². The first-order valence-electron chi connectivity index (χ1n) is 10.5. The minimum absolute atomic E-state index is 0. The van der Waals surface area contributed by atoms with Gasteiger partial charge in [0, 0.05) is 5.56 Å². The molecule has 0 spiro atoms. The second-order valence-electron chi connectivity index (χ2n) is 7.34. The van der Waals surface area contributed by atoms with Crippen LogP contribution in [-0.2, 0) is 16.5 Å². The molecule has 0 aromatic heterocycles. The topological polar surface area (TPSA) is 86.7 Å². The molecule has 2 aromatic rings. The minimum atomic E-state index is -4.44. The van der Waals surface area contributed by atoms with Crippen molar-refractivity contribution in [2.24, 2.45) is 0 Å². The number of hydrogen-bond acceptors (Lipinski definition) is 4. The first-order valence-corrected chi connectivity index (χ1v) is 11.9. The van der Waals surface area contributed by atoms with Gasteiger partial charge in [0.25, 0.3) is 10.1 Å². The molecular weight excluding hydrogens is 427 g/mol. The van der Waals surface area contributed by atoms with E-state index in [0.29, 0.717) is 12.2 Å². The van der Waals surface area contributed by atoms with E-state index in [1.54, 1.807) is 24.3 Å². The van der Waals surface area contributed by atoms with Crippen molar-refractivity contribution in [1.82, 2.24) is 0 Å². The fourth-order valence-corrected chi connectivity index (χ4v) is 4.14. The monoisotopic (exact) mass is 458 g/mol. The Hall–Kier alpha value is -0.414. The van der Waals surface area contributed by atoms with Crippen LogP contribution in [0.1, 0.15) is 70.3 Å². The second kappa shape index (κ2) is 14.6. The molecule has 0 aliphatic rings. The molecule has 30 heavy (non-hydrogen) atoms. The summed E-state index contributed by atoms with van der Waals surface area (Å²) < 4.78 is 39.0. The van der Waals surface area contributed by atoms with Crippen LogP contribution >= 0.6 is 0 Å². The quantitative estimate of drug-likeness (QED) is 0.283. The largest absolute Gasteiger partial charge is 1.00 e. The van der Waals surface area contributed by atoms with E-state index in [-0.39, 0.29) is 67.6 Å². The predicted octanol–water partition coefficient (Wildman–Crippen LogP) is 2.88. The molecule has 0 unspecified atom stereocenters. The minimum Gasteiger partial charge on any atom is -0.870 e. The van der Waals surface area contributed by atoms with Gasteiger partial charge in [0.1, 0.15) is 16.4 Å². The molecule has 5 nitrogen and oxygen atoms in total. The molecule has 0 saturated heterocycles. The zero-order valence-electron chi connectivity index (χ0n) is 18.1. The Morgan fingerprint density at radius 2 is 1.43 bits per heavy atom. The number of unbranched alkanes of at least 4 members (excludes halogenated alkanes) is 8. The molecule has 0 radical (unpaired) electrons. The molecule has 2 rings (SSSR count). The summed E-state index contributed by atoms with van der Waals surface area (Å²) in [5.41, 5.74) is 0.256. The summed E-state index contributed by atoms with van der Waals surface area (Å²) in [6, 6.07) is 11.0. The zero-order valence-corrected chi connectivity index (χ0v) is 22.0. The third-order valence-electron chi connectivity index (χ3n) is 4.95. The summed E-state index contributed by atoms with van der Waals surface area (Å²) in [7, 11) is -4.44. The molecular formula is C23H31KO5S. The van der Waals surface area contributed by atoms with E-state index in [1.165, 1.54) is 38.2 Å². The molecule has 0 saturated carbocycles. The van der Waals surface area contributed by atoms with Crippen molar-refractivity contribution in [3.05, 3.63) is 48.0 Å². The molecule has 0 amide bonds. The van der Waals surface area contributed by atoms with Crippen LogP contribution < -0.4 is 61.2 Å². The first-order chi connectivity index (χ1) is 13.9. The molecule has 160 valence electrons. The van der Waals surface area contributed by atoms with Crippen LogP contribution in [-0.4, -0.2) is 13.0 Å². The maximum absolute atomic E-state index is 12.4. The maximum Gasteiger partial charge on any atom is 1.00 e. The van der Waals surface area contributed by atoms with E-state index in [4.69, 9.17) is 4.74 Å². The van der Waals surface area contributed by atoms with Crippen LogP contribution in [0.5, 0.6) is 17.2 Å². The van der Waals surface area contributed by atoms with E-state index in [2.05, 4.69) is 6.92 Å². The average molecular weight is 459 g/mol. The molecule has 0 aliphatic carbocycles. The van der Waals surface area contributed by atoms with Crippen molar-refractivity contribution in [2.45, 2.75) is 76.0 Å². The van der Waals surface area contributed by atoms with Gasteiger partial charge in [0.15, 0.2) is 0 Å². The fourth-order valence-electron chi connectivity index (χ4n) is 3.40. The summed E-state index contributed by atoms with van der Waals surface area (Å²) in [5, 5.41) is 12.4. The number of benzene rings is 2. The number of para-hydroxylation sites is 1. The standard InChI is InChI=1S/C23H32O5S.K/c1-2-3-4-5-6-7-8-9-13-16-20-22(29(25,26)27)18-17-21(24)23(20)28-19-14-11-10-12-15-19;/h10-12,14-15,17-18,24H,2-9,13,16H2,1H3,(H,25,26,27);/q;+1/p-1. The van der Waals surface area contributed by atoms with E-state index < -0.39 is 15.9 Å². The van der Waals surface area contributed by atoms with Gasteiger partial charge in [-0.3, -0.25) is 4.55 Å². The van der Waals surface area contributed by atoms with Gasteiger partial charge in [-0.15, -0.1) is 0 Å². The van der Waals surface area contributed by atoms with Crippen LogP contribution in [0.15, 0.2) is 47.4 Å². The Balaban J connectivity index is 0.00000450. The van der Waals surface area contributed by atoms with Gasteiger partial charge in [0.2, 0.25) is 0 Å². The van der Waals surface area contributed by atoms with Crippen molar-refractivity contribution in [3.8, 4) is 17.2 Å². The van der Waals surface area contributed by atoms with Crippen molar-refractivity contribution < 1.29 is 74.2 Å². The van der Waals surface area contributed by atoms with Gasteiger partial charge in [-0.25, -0.2) is 0 Å². The van der Waals surface area contributed by atoms with Crippen LogP contribution in [0.4, 0.5) is 0 Å². The van der Waals surface area contributed by atoms with Gasteiger partial charge in [0.05, 0.1) is 0 Å². The summed E-state index contributed by atoms with van der Waals surface area (Å²) in [6.07, 6.45) is 10.5. The van der Waals surface area contributed by atoms with Crippen molar-refractivity contribution in [3.63, 3.8) is 0 Å². The van der Waals surface area contributed by atoms with Gasteiger partial charge >= 0.3 is 51.4 Å². The number of ether oxygens (including phenoxy) is 1. The molecule has 1 N–H and O–H groups in total. The fraction of sp³-hybridized carbons (Fsp3) is 0.478. The molecule has 0 bridgehead atoms. The van der Waals surface area contributed by atoms with Crippen LogP contribution in [0.3, 0.4) is 0 Å². The summed E-state index contributed by atoms with van der Waals surface area (Å²) >= 11 is 0. The molecule has 2 aromatic carbocycles. The zero-order chi connectivity index (χ0) is 21.1. The van der Waals surface area contributed by atoms with Gasteiger partial charge < -0.3 is 9.84 Å². The molecule has 0 fully saturated rings. The van der Waals surface area contributed by atoms with E-state index in [0.717, 1.165) is 31.7 Å². The van der Waals surface area contributed by atoms with E-state index in [1.807, 2.05) is 6.07 Å². The van der Waals surface area contributed by atoms with Crippen LogP contribution in [0, 0.1) is 0 Å². The van der Waals surface area contributed by atoms with E-state index in [9.17, 15) is 18.1 Å². The molecule has 0 heterocycles. The Bertz CT molecular complexity index is 853. The van der Waals surface area contributed by atoms with E-state index >= 15 is 0 Å². The average Bonchev–Trinajstić information content (AvgIpc) is 2.69. The Labute approximate surface area is 223 Å². The molecule has 0 aliphatic heterocycles. The number of rotatable bonds is 13. The Morgan fingerprint density at radius 3 is 2.00 bits per heavy atom. The van der Waals surface area contributed by atoms with Crippen molar-refractivity contribution >= 4 is 10.1 Å².